The van der Waals surface area contributed by atoms with Gasteiger partial charge in [0.15, 0.2) is 0 Å². The van der Waals surface area contributed by atoms with Crippen LogP contribution >= 0.6 is 0 Å². The number of benzene rings is 1. The molecule has 0 saturated carbocycles. The van der Waals surface area contributed by atoms with Crippen molar-refractivity contribution in [2.75, 3.05) is 6.61 Å². The van der Waals surface area contributed by atoms with Crippen molar-refractivity contribution in [1.82, 2.24) is 4.90 Å². The highest BCUT2D eigenvalue weighted by atomic mass is 16.3. The first kappa shape index (κ1) is 13.3. The van der Waals surface area contributed by atoms with E-state index >= 15 is 0 Å². The van der Waals surface area contributed by atoms with Gasteiger partial charge in [-0.05, 0) is 31.7 Å². The maximum atomic E-state index is 9.78. The third kappa shape index (κ3) is 2.65. The fourth-order valence-electron chi connectivity index (χ4n) is 3.13. The molecule has 1 aromatic rings. The van der Waals surface area contributed by atoms with E-state index in [-0.39, 0.29) is 12.6 Å². The number of rotatable bonds is 5. The Balaban J connectivity index is 2.22. The minimum Gasteiger partial charge on any atom is -0.394 e. The second-order valence-electron chi connectivity index (χ2n) is 5.16. The van der Waals surface area contributed by atoms with Crippen LogP contribution in [-0.2, 0) is 0 Å². The molecule has 3 unspecified atom stereocenters. The Kier molecular flexibility index (Phi) is 4.56. The van der Waals surface area contributed by atoms with Crippen molar-refractivity contribution in [1.29, 1.82) is 0 Å². The van der Waals surface area contributed by atoms with Crippen LogP contribution in [-0.4, -0.2) is 28.7 Å². The summed E-state index contributed by atoms with van der Waals surface area (Å²) in [5, 5.41) is 9.78. The molecule has 98 valence electrons. The summed E-state index contributed by atoms with van der Waals surface area (Å²) in [6.45, 7) is 6.29. The zero-order valence-corrected chi connectivity index (χ0v) is 11.1. The number of aliphatic hydroxyl groups excluding tert-OH is 1. The van der Waals surface area contributed by atoms with Crippen LogP contribution in [0.3, 0.4) is 0 Å². The topological polar surface area (TPSA) is 23.5 Å². The summed E-state index contributed by atoms with van der Waals surface area (Å²) in [5.74, 6) is 0. The largest absolute Gasteiger partial charge is 0.394 e. The van der Waals surface area contributed by atoms with Gasteiger partial charge in [-0.15, -0.1) is 6.58 Å². The van der Waals surface area contributed by atoms with Crippen LogP contribution in [0.2, 0.25) is 0 Å². The molecule has 1 heterocycles. The number of aliphatic hydroxyl groups is 1. The van der Waals surface area contributed by atoms with E-state index < -0.39 is 0 Å². The molecule has 0 bridgehead atoms. The van der Waals surface area contributed by atoms with Crippen molar-refractivity contribution in [2.45, 2.75) is 44.3 Å². The predicted octanol–water partition coefficient (Wildman–Crippen LogP) is 3.15. The van der Waals surface area contributed by atoms with Gasteiger partial charge in [0.1, 0.15) is 0 Å². The molecule has 0 amide bonds. The van der Waals surface area contributed by atoms with E-state index in [1.807, 2.05) is 24.3 Å². The summed E-state index contributed by atoms with van der Waals surface area (Å²) >= 11 is 0. The normalized spacial score (nSPS) is 26.1. The van der Waals surface area contributed by atoms with Crippen molar-refractivity contribution in [3.05, 3.63) is 48.6 Å². The van der Waals surface area contributed by atoms with Gasteiger partial charge in [0, 0.05) is 12.1 Å². The molecule has 1 fully saturated rings. The third-order valence-corrected chi connectivity index (χ3v) is 4.00. The van der Waals surface area contributed by atoms with E-state index in [1.54, 1.807) is 0 Å². The fourth-order valence-corrected chi connectivity index (χ4v) is 3.13. The highest BCUT2D eigenvalue weighted by Gasteiger charge is 2.35. The summed E-state index contributed by atoms with van der Waals surface area (Å²) in [6, 6.07) is 11.5. The van der Waals surface area contributed by atoms with Crippen LogP contribution in [0.1, 0.15) is 37.8 Å². The molecule has 1 aliphatic rings. The van der Waals surface area contributed by atoms with Crippen molar-refractivity contribution in [2.24, 2.45) is 0 Å². The number of likely N-dealkylation sites (tertiary alicyclic amines) is 1. The van der Waals surface area contributed by atoms with E-state index in [9.17, 15) is 5.11 Å². The first-order valence-electron chi connectivity index (χ1n) is 6.82. The van der Waals surface area contributed by atoms with E-state index in [2.05, 4.69) is 30.5 Å². The van der Waals surface area contributed by atoms with Gasteiger partial charge in [0.05, 0.1) is 12.6 Å². The summed E-state index contributed by atoms with van der Waals surface area (Å²) in [6.07, 6.45) is 5.42. The fraction of sp³-hybridized carbons (Fsp3) is 0.500. The first-order valence-corrected chi connectivity index (χ1v) is 6.82. The molecular weight excluding hydrogens is 222 g/mol. The van der Waals surface area contributed by atoms with Gasteiger partial charge in [-0.3, -0.25) is 4.90 Å². The first-order chi connectivity index (χ1) is 8.77. The number of hydrogen-bond donors (Lipinski definition) is 1. The molecule has 0 spiro atoms. The van der Waals surface area contributed by atoms with Crippen LogP contribution in [0, 0.1) is 0 Å². The minimum atomic E-state index is 0.119. The molecule has 0 radical (unpaired) electrons. The van der Waals surface area contributed by atoms with Gasteiger partial charge in [0.2, 0.25) is 0 Å². The monoisotopic (exact) mass is 245 g/mol. The Hall–Kier alpha value is -1.12. The lowest BCUT2D eigenvalue weighted by Crippen LogP contribution is -2.39. The van der Waals surface area contributed by atoms with Crippen molar-refractivity contribution in [3.63, 3.8) is 0 Å². The van der Waals surface area contributed by atoms with Gasteiger partial charge >= 0.3 is 0 Å². The quantitative estimate of drug-likeness (QED) is 0.806. The average Bonchev–Trinajstić information content (AvgIpc) is 2.75. The lowest BCUT2D eigenvalue weighted by Gasteiger charge is -2.35. The van der Waals surface area contributed by atoms with Crippen molar-refractivity contribution < 1.29 is 5.11 Å². The lowest BCUT2D eigenvalue weighted by molar-refractivity contribution is 0.0837. The maximum Gasteiger partial charge on any atom is 0.0628 e. The Morgan fingerprint density at radius 1 is 1.39 bits per heavy atom. The minimum absolute atomic E-state index is 0.119. The molecule has 2 nitrogen and oxygen atoms in total. The van der Waals surface area contributed by atoms with E-state index in [0.717, 1.165) is 6.42 Å². The molecule has 0 aliphatic carbocycles. The predicted molar refractivity (Wildman–Crippen MR) is 75.4 cm³/mol. The van der Waals surface area contributed by atoms with E-state index in [1.165, 1.54) is 18.4 Å². The molecule has 1 N–H and O–H groups in total. The van der Waals surface area contributed by atoms with Gasteiger partial charge in [0.25, 0.3) is 0 Å². The van der Waals surface area contributed by atoms with Crippen LogP contribution in [0.5, 0.6) is 0 Å². The summed E-state index contributed by atoms with van der Waals surface area (Å²) in [5.41, 5.74) is 1.21. The molecular formula is C16H23NO. The Morgan fingerprint density at radius 3 is 2.72 bits per heavy atom. The maximum absolute atomic E-state index is 9.78. The molecule has 1 saturated heterocycles. The van der Waals surface area contributed by atoms with Gasteiger partial charge in [-0.2, -0.15) is 0 Å². The zero-order chi connectivity index (χ0) is 13.0. The van der Waals surface area contributed by atoms with Gasteiger partial charge in [-0.1, -0.05) is 36.4 Å². The standard InChI is InChI=1S/C16H23NO/c1-3-7-15-11-10-13(2)17(15)16(12-18)14-8-5-4-6-9-14/h3-6,8-9,13,15-16,18H,1,7,10-12H2,2H3. The Morgan fingerprint density at radius 2 is 2.11 bits per heavy atom. The highest BCUT2D eigenvalue weighted by molar-refractivity contribution is 5.20. The average molecular weight is 245 g/mol. The molecule has 3 atom stereocenters. The summed E-state index contributed by atoms with van der Waals surface area (Å²) < 4.78 is 0. The van der Waals surface area contributed by atoms with Crippen LogP contribution in [0.15, 0.2) is 43.0 Å². The highest BCUT2D eigenvalue weighted by Crippen LogP contribution is 2.34. The Bertz CT molecular complexity index is 376. The smallest absolute Gasteiger partial charge is 0.0628 e. The molecule has 18 heavy (non-hydrogen) atoms. The SMILES string of the molecule is C=CCC1CCC(C)N1C(CO)c1ccccc1. The number of nitrogens with zero attached hydrogens (tertiary/aromatic N) is 1. The van der Waals surface area contributed by atoms with Crippen molar-refractivity contribution in [3.8, 4) is 0 Å². The summed E-state index contributed by atoms with van der Waals surface area (Å²) in [4.78, 5) is 2.47. The molecule has 1 aromatic carbocycles. The second kappa shape index (κ2) is 6.17. The van der Waals surface area contributed by atoms with E-state index in [0.29, 0.717) is 12.1 Å². The second-order valence-corrected chi connectivity index (χ2v) is 5.16. The lowest BCUT2D eigenvalue weighted by atomic mass is 10.0. The van der Waals surface area contributed by atoms with E-state index in [4.69, 9.17) is 0 Å². The third-order valence-electron chi connectivity index (χ3n) is 4.00. The summed E-state index contributed by atoms with van der Waals surface area (Å²) in [7, 11) is 0. The van der Waals surface area contributed by atoms with Gasteiger partial charge in [-0.25, -0.2) is 0 Å². The molecule has 2 heteroatoms. The van der Waals surface area contributed by atoms with Crippen LogP contribution < -0.4 is 0 Å². The van der Waals surface area contributed by atoms with Gasteiger partial charge < -0.3 is 5.11 Å². The Labute approximate surface area is 110 Å². The van der Waals surface area contributed by atoms with Crippen LogP contribution in [0.4, 0.5) is 0 Å². The number of hydrogen-bond acceptors (Lipinski definition) is 2. The molecule has 2 rings (SSSR count). The molecule has 1 aliphatic heterocycles. The van der Waals surface area contributed by atoms with Crippen LogP contribution in [0.25, 0.3) is 0 Å². The zero-order valence-electron chi connectivity index (χ0n) is 11.1. The molecule has 0 aromatic heterocycles. The van der Waals surface area contributed by atoms with Crippen molar-refractivity contribution >= 4 is 0 Å².